The van der Waals surface area contributed by atoms with Crippen molar-refractivity contribution in [1.82, 2.24) is 0 Å². The van der Waals surface area contributed by atoms with Gasteiger partial charge >= 0.3 is 0 Å². The molecule has 0 unspecified atom stereocenters. The van der Waals surface area contributed by atoms with E-state index in [2.05, 4.69) is 70.7 Å². The zero-order valence-electron chi connectivity index (χ0n) is 17.4. The number of anilines is 1. The molecule has 1 aromatic rings. The Hall–Kier alpha value is -1.31. The Balaban J connectivity index is 3.19. The second-order valence-corrected chi connectivity index (χ2v) is 8.46. The van der Waals surface area contributed by atoms with Crippen LogP contribution in [0.4, 0.5) is 5.69 Å². The predicted molar refractivity (Wildman–Crippen MR) is 110 cm³/mol. The van der Waals surface area contributed by atoms with E-state index < -0.39 is 0 Å². The van der Waals surface area contributed by atoms with E-state index in [9.17, 15) is 4.79 Å². The van der Waals surface area contributed by atoms with E-state index in [1.54, 1.807) is 0 Å². The summed E-state index contributed by atoms with van der Waals surface area (Å²) in [7, 11) is 0. The number of rotatable bonds is 10. The van der Waals surface area contributed by atoms with E-state index in [4.69, 9.17) is 0 Å². The first kappa shape index (κ1) is 21.7. The van der Waals surface area contributed by atoms with Crippen LogP contribution < -0.4 is 4.90 Å². The Labute approximate surface area is 156 Å². The van der Waals surface area contributed by atoms with Crippen molar-refractivity contribution in [3.05, 3.63) is 29.8 Å². The summed E-state index contributed by atoms with van der Waals surface area (Å²) in [5, 5.41) is 0. The number of aryl methyl sites for hydroxylation is 1. The zero-order chi connectivity index (χ0) is 18.9. The third-order valence-electron chi connectivity index (χ3n) is 4.69. The normalized spacial score (nSPS) is 11.8. The van der Waals surface area contributed by atoms with Gasteiger partial charge in [-0.2, -0.15) is 0 Å². The molecule has 2 nitrogen and oxygen atoms in total. The van der Waals surface area contributed by atoms with Crippen LogP contribution in [-0.4, -0.2) is 11.9 Å². The van der Waals surface area contributed by atoms with Crippen LogP contribution in [0.2, 0.25) is 0 Å². The molecule has 0 fully saturated rings. The molecule has 25 heavy (non-hydrogen) atoms. The number of carbonyl (C=O) groups excluding carboxylic acids is 1. The number of hydrogen-bond donors (Lipinski definition) is 0. The van der Waals surface area contributed by atoms with Crippen molar-refractivity contribution in [2.24, 2.45) is 5.41 Å². The van der Waals surface area contributed by atoms with Crippen LogP contribution in [0.5, 0.6) is 0 Å². The van der Waals surface area contributed by atoms with E-state index in [0.29, 0.717) is 12.5 Å². The maximum absolute atomic E-state index is 13.3. The summed E-state index contributed by atoms with van der Waals surface area (Å²) in [6, 6.07) is 8.91. The Morgan fingerprint density at radius 3 is 2.12 bits per heavy atom. The minimum atomic E-state index is 0.0117. The molecule has 0 bridgehead atoms. The lowest BCUT2D eigenvalue weighted by Gasteiger charge is -2.34. The van der Waals surface area contributed by atoms with Gasteiger partial charge in [0.15, 0.2) is 0 Å². The van der Waals surface area contributed by atoms with E-state index >= 15 is 0 Å². The highest BCUT2D eigenvalue weighted by molar-refractivity contribution is 5.94. The smallest absolute Gasteiger partial charge is 0.227 e. The van der Waals surface area contributed by atoms with Crippen LogP contribution in [0, 0.1) is 5.41 Å². The molecule has 0 spiro atoms. The second-order valence-electron chi connectivity index (χ2n) is 8.46. The molecule has 0 N–H and O–H groups in total. The van der Waals surface area contributed by atoms with Gasteiger partial charge in [0.1, 0.15) is 0 Å². The van der Waals surface area contributed by atoms with Gasteiger partial charge in [0.2, 0.25) is 5.91 Å². The molecule has 0 saturated carbocycles. The van der Waals surface area contributed by atoms with Crippen molar-refractivity contribution in [3.63, 3.8) is 0 Å². The lowest BCUT2D eigenvalue weighted by molar-refractivity contribution is -0.120. The van der Waals surface area contributed by atoms with Crippen LogP contribution >= 0.6 is 0 Å². The first-order chi connectivity index (χ1) is 11.8. The van der Waals surface area contributed by atoms with Crippen LogP contribution in [0.3, 0.4) is 0 Å². The number of amides is 1. The van der Waals surface area contributed by atoms with Gasteiger partial charge in [-0.1, -0.05) is 79.4 Å². The SMILES string of the molecule is CCCCC(CCCC)N(C(=O)CC(C)(C)C)c1cccc(CC)c1. The standard InChI is InChI=1S/C23H39NO/c1-7-10-14-20(15-11-8-2)24(22(25)18-23(4,5)6)21-16-12-13-19(9-3)17-21/h12-13,16-17,20H,7-11,14-15,18H2,1-6H3. The van der Waals surface area contributed by atoms with Crippen molar-refractivity contribution in [2.45, 2.75) is 99.0 Å². The first-order valence-electron chi connectivity index (χ1n) is 10.2. The number of unbranched alkanes of at least 4 members (excludes halogenated alkanes) is 2. The number of carbonyl (C=O) groups is 1. The molecular weight excluding hydrogens is 306 g/mol. The maximum Gasteiger partial charge on any atom is 0.227 e. The fraction of sp³-hybridized carbons (Fsp3) is 0.696. The van der Waals surface area contributed by atoms with Crippen molar-refractivity contribution >= 4 is 11.6 Å². The number of hydrogen-bond acceptors (Lipinski definition) is 1. The minimum Gasteiger partial charge on any atom is -0.309 e. The van der Waals surface area contributed by atoms with Gasteiger partial charge in [0.05, 0.1) is 0 Å². The van der Waals surface area contributed by atoms with E-state index in [-0.39, 0.29) is 11.3 Å². The van der Waals surface area contributed by atoms with Gasteiger partial charge in [-0.15, -0.1) is 0 Å². The third-order valence-corrected chi connectivity index (χ3v) is 4.69. The van der Waals surface area contributed by atoms with Gasteiger partial charge in [-0.05, 0) is 42.4 Å². The predicted octanol–water partition coefficient (Wildman–Crippen LogP) is 6.77. The summed E-state index contributed by atoms with van der Waals surface area (Å²) >= 11 is 0. The minimum absolute atomic E-state index is 0.0117. The molecule has 0 heterocycles. The quantitative estimate of drug-likeness (QED) is 0.458. The molecule has 142 valence electrons. The van der Waals surface area contributed by atoms with Gasteiger partial charge < -0.3 is 4.90 Å². The highest BCUT2D eigenvalue weighted by atomic mass is 16.2. The topological polar surface area (TPSA) is 20.3 Å². The van der Waals surface area contributed by atoms with Gasteiger partial charge in [0, 0.05) is 18.2 Å². The van der Waals surface area contributed by atoms with Crippen LogP contribution in [0.15, 0.2) is 24.3 Å². The monoisotopic (exact) mass is 345 g/mol. The van der Waals surface area contributed by atoms with Crippen LogP contribution in [-0.2, 0) is 11.2 Å². The molecule has 1 rings (SSSR count). The Kier molecular flexibility index (Phi) is 9.24. The first-order valence-corrected chi connectivity index (χ1v) is 10.2. The fourth-order valence-corrected chi connectivity index (χ4v) is 3.31. The molecule has 0 saturated heterocycles. The van der Waals surface area contributed by atoms with Gasteiger partial charge in [0.25, 0.3) is 0 Å². The summed E-state index contributed by atoms with van der Waals surface area (Å²) in [5.41, 5.74) is 2.40. The number of nitrogens with zero attached hydrogens (tertiary/aromatic N) is 1. The van der Waals surface area contributed by atoms with Crippen molar-refractivity contribution in [1.29, 1.82) is 0 Å². The molecule has 0 radical (unpaired) electrons. The van der Waals surface area contributed by atoms with E-state index in [0.717, 1.165) is 24.9 Å². The van der Waals surface area contributed by atoms with Crippen molar-refractivity contribution < 1.29 is 4.79 Å². The molecule has 2 heteroatoms. The molecule has 0 aromatic heterocycles. The summed E-state index contributed by atoms with van der Waals surface area (Å²) in [6.07, 6.45) is 8.52. The lowest BCUT2D eigenvalue weighted by atomic mass is 9.90. The second kappa shape index (κ2) is 10.6. The molecule has 0 aliphatic heterocycles. The van der Waals surface area contributed by atoms with Gasteiger partial charge in [-0.25, -0.2) is 0 Å². The molecule has 1 amide bonds. The summed E-state index contributed by atoms with van der Waals surface area (Å²) in [5.74, 6) is 0.276. The molecule has 0 aliphatic rings. The van der Waals surface area contributed by atoms with Crippen LogP contribution in [0.1, 0.15) is 92.1 Å². The maximum atomic E-state index is 13.3. The largest absolute Gasteiger partial charge is 0.309 e. The summed E-state index contributed by atoms with van der Waals surface area (Å²) in [4.78, 5) is 15.4. The molecule has 0 aliphatic carbocycles. The van der Waals surface area contributed by atoms with E-state index in [1.165, 1.54) is 31.2 Å². The Morgan fingerprint density at radius 2 is 1.64 bits per heavy atom. The lowest BCUT2D eigenvalue weighted by Crippen LogP contribution is -2.42. The Morgan fingerprint density at radius 1 is 1.04 bits per heavy atom. The highest BCUT2D eigenvalue weighted by Gasteiger charge is 2.28. The number of benzene rings is 1. The van der Waals surface area contributed by atoms with Gasteiger partial charge in [-0.3, -0.25) is 4.79 Å². The fourth-order valence-electron chi connectivity index (χ4n) is 3.31. The van der Waals surface area contributed by atoms with Crippen LogP contribution in [0.25, 0.3) is 0 Å². The average molecular weight is 346 g/mol. The third kappa shape index (κ3) is 7.63. The molecule has 0 atom stereocenters. The Bertz CT molecular complexity index is 507. The summed E-state index contributed by atoms with van der Waals surface area (Å²) < 4.78 is 0. The van der Waals surface area contributed by atoms with Crippen molar-refractivity contribution in [3.8, 4) is 0 Å². The summed E-state index contributed by atoms with van der Waals surface area (Å²) in [6.45, 7) is 13.1. The van der Waals surface area contributed by atoms with Crippen molar-refractivity contribution in [2.75, 3.05) is 4.90 Å². The molecular formula is C23H39NO. The zero-order valence-corrected chi connectivity index (χ0v) is 17.4. The highest BCUT2D eigenvalue weighted by Crippen LogP contribution is 2.29. The average Bonchev–Trinajstić information content (AvgIpc) is 2.55. The molecule has 1 aromatic carbocycles. The van der Waals surface area contributed by atoms with E-state index in [1.807, 2.05) is 0 Å².